The van der Waals surface area contributed by atoms with Gasteiger partial charge in [-0.2, -0.15) is 0 Å². The molecule has 0 fully saturated rings. The van der Waals surface area contributed by atoms with Crippen LogP contribution in [0.4, 0.5) is 4.79 Å². The Bertz CT molecular complexity index is 1040. The maximum atomic E-state index is 12.9. The number of hydroxylamine groups is 1. The molecule has 3 rings (SSSR count). The summed E-state index contributed by atoms with van der Waals surface area (Å²) in [6.45, 7) is 5.54. The first kappa shape index (κ1) is 22.4. The van der Waals surface area contributed by atoms with Crippen LogP contribution in [0, 0.1) is 0 Å². The molecule has 7 heteroatoms. The topological polar surface area (TPSA) is 81.6 Å². The molecule has 0 aliphatic heterocycles. The number of carbonyl (C=O) groups excluding carboxylic acids is 2. The zero-order chi connectivity index (χ0) is 22.4. The highest BCUT2D eigenvalue weighted by atomic mass is 16.7. The van der Waals surface area contributed by atoms with Crippen molar-refractivity contribution in [3.63, 3.8) is 0 Å². The molecule has 0 aliphatic rings. The van der Waals surface area contributed by atoms with Crippen LogP contribution >= 0.6 is 0 Å². The summed E-state index contributed by atoms with van der Waals surface area (Å²) in [5.41, 5.74) is 4.70. The Balaban J connectivity index is 1.73. The van der Waals surface area contributed by atoms with Crippen molar-refractivity contribution in [2.45, 2.75) is 45.4 Å². The number of hydrogen-bond donors (Lipinski definition) is 2. The highest BCUT2D eigenvalue weighted by molar-refractivity contribution is 5.88. The minimum absolute atomic E-state index is 0.222. The summed E-state index contributed by atoms with van der Waals surface area (Å²) in [5, 5.41) is 3.71. The average molecular weight is 424 g/mol. The van der Waals surface area contributed by atoms with E-state index in [1.165, 1.54) is 0 Å². The molecule has 1 aromatic heterocycles. The van der Waals surface area contributed by atoms with Crippen LogP contribution in [-0.2, 0) is 34.4 Å². The van der Waals surface area contributed by atoms with E-state index in [1.807, 2.05) is 72.4 Å². The first-order valence-corrected chi connectivity index (χ1v) is 10.2. The summed E-state index contributed by atoms with van der Waals surface area (Å²) in [4.78, 5) is 30.6. The number of nitrogens with one attached hydrogen (secondary N) is 2. The van der Waals surface area contributed by atoms with Crippen molar-refractivity contribution < 1.29 is 19.2 Å². The second kappa shape index (κ2) is 9.66. The zero-order valence-electron chi connectivity index (χ0n) is 18.3. The molecule has 7 nitrogen and oxygen atoms in total. The number of aryl methyl sites for hydroxylation is 1. The van der Waals surface area contributed by atoms with Crippen LogP contribution in [0.15, 0.2) is 60.8 Å². The lowest BCUT2D eigenvalue weighted by molar-refractivity contribution is -0.136. The number of para-hydroxylation sites is 1. The van der Waals surface area contributed by atoms with E-state index in [0.717, 1.165) is 22.0 Å². The quantitative estimate of drug-likeness (QED) is 0.566. The average Bonchev–Trinajstić information content (AvgIpc) is 3.02. The van der Waals surface area contributed by atoms with Crippen LogP contribution in [0.25, 0.3) is 10.9 Å². The number of hydrogen-bond acceptors (Lipinski definition) is 4. The van der Waals surface area contributed by atoms with Gasteiger partial charge in [-0.05, 0) is 38.0 Å². The van der Waals surface area contributed by atoms with Crippen LogP contribution in [0.3, 0.4) is 0 Å². The predicted octanol–water partition coefficient (Wildman–Crippen LogP) is 3.86. The minimum Gasteiger partial charge on any atom is -0.444 e. The molecule has 1 heterocycles. The molecule has 164 valence electrons. The van der Waals surface area contributed by atoms with Crippen LogP contribution in [0.2, 0.25) is 0 Å². The maximum absolute atomic E-state index is 12.9. The van der Waals surface area contributed by atoms with Gasteiger partial charge in [-0.3, -0.25) is 9.63 Å². The van der Waals surface area contributed by atoms with Gasteiger partial charge in [0.1, 0.15) is 11.6 Å². The van der Waals surface area contributed by atoms with E-state index < -0.39 is 23.6 Å². The summed E-state index contributed by atoms with van der Waals surface area (Å²) < 4.78 is 7.35. The van der Waals surface area contributed by atoms with Gasteiger partial charge in [-0.25, -0.2) is 10.3 Å². The Morgan fingerprint density at radius 2 is 1.71 bits per heavy atom. The lowest BCUT2D eigenvalue weighted by atomic mass is 10.0. The number of ether oxygens (including phenoxy) is 1. The number of alkyl carbamates (subject to hydrolysis) is 1. The lowest BCUT2D eigenvalue weighted by Gasteiger charge is -2.23. The lowest BCUT2D eigenvalue weighted by Crippen LogP contribution is -2.49. The summed E-state index contributed by atoms with van der Waals surface area (Å²) >= 11 is 0. The minimum atomic E-state index is -0.864. The van der Waals surface area contributed by atoms with Crippen molar-refractivity contribution in [1.82, 2.24) is 15.4 Å². The molecule has 0 bridgehead atoms. The first-order valence-electron chi connectivity index (χ1n) is 10.2. The molecule has 2 amide bonds. The fraction of sp³-hybridized carbons (Fsp3) is 0.333. The van der Waals surface area contributed by atoms with Crippen molar-refractivity contribution in [2.75, 3.05) is 0 Å². The Labute approximate surface area is 182 Å². The molecule has 0 radical (unpaired) electrons. The summed E-state index contributed by atoms with van der Waals surface area (Å²) in [6.07, 6.45) is 1.60. The Kier molecular flexibility index (Phi) is 6.97. The Morgan fingerprint density at radius 3 is 2.42 bits per heavy atom. The third-order valence-electron chi connectivity index (χ3n) is 4.67. The molecule has 0 spiro atoms. The van der Waals surface area contributed by atoms with Gasteiger partial charge in [-0.1, -0.05) is 48.5 Å². The second-order valence-corrected chi connectivity index (χ2v) is 8.43. The summed E-state index contributed by atoms with van der Waals surface area (Å²) in [6, 6.07) is 16.6. The van der Waals surface area contributed by atoms with Crippen molar-refractivity contribution >= 4 is 22.9 Å². The molecule has 31 heavy (non-hydrogen) atoms. The van der Waals surface area contributed by atoms with Crippen molar-refractivity contribution in [1.29, 1.82) is 0 Å². The standard InChI is InChI=1S/C24H29N3O4/c1-24(2,3)31-23(29)25-20(22(28)26-30-16-17-10-6-5-7-11-17)14-18-15-27(4)21-13-9-8-12-19(18)21/h5-13,15,20H,14,16H2,1-4H3,(H,25,29)(H,26,28)/t20-/m1/s1. The van der Waals surface area contributed by atoms with Crippen LogP contribution < -0.4 is 10.8 Å². The highest BCUT2D eigenvalue weighted by Crippen LogP contribution is 2.22. The number of aromatic nitrogens is 1. The zero-order valence-corrected chi connectivity index (χ0v) is 18.3. The number of nitrogens with zero attached hydrogens (tertiary/aromatic N) is 1. The van der Waals surface area contributed by atoms with Gasteiger partial charge in [0.15, 0.2) is 0 Å². The van der Waals surface area contributed by atoms with Crippen molar-refractivity contribution in [3.05, 3.63) is 71.9 Å². The molecule has 0 saturated carbocycles. The molecule has 3 aromatic rings. The number of amides is 2. The van der Waals surface area contributed by atoms with Gasteiger partial charge in [0, 0.05) is 30.6 Å². The molecule has 0 saturated heterocycles. The molecule has 0 unspecified atom stereocenters. The molecule has 1 atom stereocenters. The van der Waals surface area contributed by atoms with E-state index in [1.54, 1.807) is 20.8 Å². The maximum Gasteiger partial charge on any atom is 0.408 e. The molecular weight excluding hydrogens is 394 g/mol. The van der Waals surface area contributed by atoms with Crippen LogP contribution in [0.5, 0.6) is 0 Å². The van der Waals surface area contributed by atoms with E-state index in [2.05, 4.69) is 10.8 Å². The normalized spacial score (nSPS) is 12.4. The van der Waals surface area contributed by atoms with Crippen molar-refractivity contribution in [2.24, 2.45) is 7.05 Å². The van der Waals surface area contributed by atoms with Crippen LogP contribution in [-0.4, -0.2) is 28.2 Å². The SMILES string of the molecule is Cn1cc(C[C@@H](NC(=O)OC(C)(C)C)C(=O)NOCc2ccccc2)c2ccccc21. The monoisotopic (exact) mass is 423 g/mol. The van der Waals surface area contributed by atoms with E-state index in [-0.39, 0.29) is 6.61 Å². The fourth-order valence-corrected chi connectivity index (χ4v) is 3.30. The summed E-state index contributed by atoms with van der Waals surface area (Å²) in [5.74, 6) is -0.449. The fourth-order valence-electron chi connectivity index (χ4n) is 3.30. The van der Waals surface area contributed by atoms with E-state index in [0.29, 0.717) is 6.42 Å². The van der Waals surface area contributed by atoms with Gasteiger partial charge in [0.25, 0.3) is 5.91 Å². The predicted molar refractivity (Wildman–Crippen MR) is 119 cm³/mol. The van der Waals surface area contributed by atoms with Crippen molar-refractivity contribution in [3.8, 4) is 0 Å². The molecular formula is C24H29N3O4. The van der Waals surface area contributed by atoms with Gasteiger partial charge >= 0.3 is 6.09 Å². The largest absolute Gasteiger partial charge is 0.444 e. The first-order chi connectivity index (χ1) is 14.7. The van der Waals surface area contributed by atoms with Gasteiger partial charge < -0.3 is 14.6 Å². The second-order valence-electron chi connectivity index (χ2n) is 8.43. The molecule has 0 aliphatic carbocycles. The van der Waals surface area contributed by atoms with Gasteiger partial charge in [0.2, 0.25) is 0 Å². The van der Waals surface area contributed by atoms with E-state index in [9.17, 15) is 9.59 Å². The molecule has 2 aromatic carbocycles. The summed E-state index contributed by atoms with van der Waals surface area (Å²) in [7, 11) is 1.95. The van der Waals surface area contributed by atoms with E-state index >= 15 is 0 Å². The number of carbonyl (C=O) groups is 2. The number of benzene rings is 2. The Morgan fingerprint density at radius 1 is 1.03 bits per heavy atom. The Hall–Kier alpha value is -3.32. The van der Waals surface area contributed by atoms with E-state index in [4.69, 9.17) is 9.57 Å². The third-order valence-corrected chi connectivity index (χ3v) is 4.67. The smallest absolute Gasteiger partial charge is 0.408 e. The number of fused-ring (bicyclic) bond motifs is 1. The van der Waals surface area contributed by atoms with Crippen LogP contribution in [0.1, 0.15) is 31.9 Å². The molecule has 2 N–H and O–H groups in total. The third kappa shape index (κ3) is 6.33. The highest BCUT2D eigenvalue weighted by Gasteiger charge is 2.26. The number of rotatable bonds is 7. The van der Waals surface area contributed by atoms with Gasteiger partial charge in [0.05, 0.1) is 6.61 Å². The van der Waals surface area contributed by atoms with Gasteiger partial charge in [-0.15, -0.1) is 0 Å².